The second-order valence-electron chi connectivity index (χ2n) is 6.58. The third-order valence-electron chi connectivity index (χ3n) is 4.94. The molecule has 2 aromatic carbocycles. The topological polar surface area (TPSA) is 64.2 Å². The Morgan fingerprint density at radius 3 is 2.60 bits per heavy atom. The molecular formula is C19H20N4O2. The van der Waals surface area contributed by atoms with Crippen LogP contribution in [-0.2, 0) is 6.54 Å². The predicted molar refractivity (Wildman–Crippen MR) is 96.4 cm³/mol. The van der Waals surface area contributed by atoms with Gasteiger partial charge in [0, 0.05) is 37.2 Å². The van der Waals surface area contributed by atoms with Crippen molar-refractivity contribution in [1.29, 1.82) is 0 Å². The summed E-state index contributed by atoms with van der Waals surface area (Å²) in [6.07, 6.45) is 3.81. The number of hydrogen-bond donors (Lipinski definition) is 0. The van der Waals surface area contributed by atoms with E-state index in [0.29, 0.717) is 6.04 Å². The van der Waals surface area contributed by atoms with E-state index in [9.17, 15) is 10.1 Å². The summed E-state index contributed by atoms with van der Waals surface area (Å²) in [4.78, 5) is 13.2. The van der Waals surface area contributed by atoms with E-state index in [1.807, 2.05) is 10.7 Å². The zero-order valence-electron chi connectivity index (χ0n) is 13.9. The zero-order chi connectivity index (χ0) is 17.2. The fourth-order valence-corrected chi connectivity index (χ4v) is 3.59. The summed E-state index contributed by atoms with van der Waals surface area (Å²) in [6, 6.07) is 15.8. The first-order valence-corrected chi connectivity index (χ1v) is 8.58. The van der Waals surface area contributed by atoms with E-state index in [1.54, 1.807) is 18.3 Å². The van der Waals surface area contributed by atoms with Gasteiger partial charge in [0.25, 0.3) is 5.69 Å². The van der Waals surface area contributed by atoms with Crippen LogP contribution in [0.15, 0.2) is 54.7 Å². The molecule has 1 saturated heterocycles. The molecule has 0 saturated carbocycles. The van der Waals surface area contributed by atoms with Crippen molar-refractivity contribution in [2.45, 2.75) is 25.4 Å². The molecular weight excluding hydrogens is 316 g/mol. The molecule has 0 amide bonds. The molecule has 25 heavy (non-hydrogen) atoms. The van der Waals surface area contributed by atoms with E-state index in [4.69, 9.17) is 0 Å². The van der Waals surface area contributed by atoms with Crippen LogP contribution in [0.3, 0.4) is 0 Å². The van der Waals surface area contributed by atoms with Gasteiger partial charge in [-0.25, -0.2) is 0 Å². The summed E-state index contributed by atoms with van der Waals surface area (Å²) >= 11 is 0. The largest absolute Gasteiger partial charge is 0.299 e. The monoisotopic (exact) mass is 336 g/mol. The van der Waals surface area contributed by atoms with Gasteiger partial charge in [0.1, 0.15) is 0 Å². The second kappa shape index (κ2) is 6.64. The summed E-state index contributed by atoms with van der Waals surface area (Å²) in [5, 5.41) is 16.5. The Bertz CT molecular complexity index is 883. The molecule has 128 valence electrons. The summed E-state index contributed by atoms with van der Waals surface area (Å²) in [5.74, 6) is 0. The van der Waals surface area contributed by atoms with Gasteiger partial charge in [-0.3, -0.25) is 19.7 Å². The maximum atomic E-state index is 11.0. The molecule has 3 aromatic rings. The van der Waals surface area contributed by atoms with Crippen molar-refractivity contribution in [1.82, 2.24) is 14.7 Å². The highest BCUT2D eigenvalue weighted by Crippen LogP contribution is 2.28. The minimum Gasteiger partial charge on any atom is -0.299 e. The molecule has 2 heterocycles. The number of likely N-dealkylation sites (tertiary alicyclic amines) is 1. The Labute approximate surface area is 145 Å². The quantitative estimate of drug-likeness (QED) is 0.537. The number of nitrogens with zero attached hydrogens (tertiary/aromatic N) is 4. The molecule has 1 aromatic heterocycles. The van der Waals surface area contributed by atoms with E-state index < -0.39 is 0 Å². The normalized spacial score (nSPS) is 16.3. The highest BCUT2D eigenvalue weighted by molar-refractivity contribution is 5.81. The number of benzene rings is 2. The molecule has 1 aliphatic rings. The number of aromatic nitrogens is 2. The number of piperidine rings is 1. The van der Waals surface area contributed by atoms with E-state index in [1.165, 1.54) is 11.6 Å². The van der Waals surface area contributed by atoms with Crippen LogP contribution in [0.5, 0.6) is 0 Å². The number of fused-ring (bicyclic) bond motifs is 1. The molecule has 0 atom stereocenters. The number of rotatable bonds is 4. The van der Waals surface area contributed by atoms with E-state index in [-0.39, 0.29) is 10.6 Å². The fourth-order valence-electron chi connectivity index (χ4n) is 3.59. The van der Waals surface area contributed by atoms with Crippen LogP contribution in [0.1, 0.15) is 24.4 Å². The highest BCUT2D eigenvalue weighted by atomic mass is 16.6. The Hall–Kier alpha value is -2.73. The van der Waals surface area contributed by atoms with Gasteiger partial charge in [0.2, 0.25) is 0 Å². The summed E-state index contributed by atoms with van der Waals surface area (Å²) in [5.41, 5.74) is 2.31. The molecule has 4 rings (SSSR count). The van der Waals surface area contributed by atoms with Crippen molar-refractivity contribution < 1.29 is 4.92 Å². The first-order chi connectivity index (χ1) is 12.2. The summed E-state index contributed by atoms with van der Waals surface area (Å²) < 4.78 is 1.97. The third kappa shape index (κ3) is 3.25. The summed E-state index contributed by atoms with van der Waals surface area (Å²) in [6.45, 7) is 2.99. The molecule has 0 N–H and O–H groups in total. The van der Waals surface area contributed by atoms with Crippen molar-refractivity contribution in [3.8, 4) is 0 Å². The van der Waals surface area contributed by atoms with Gasteiger partial charge in [-0.05, 0) is 24.5 Å². The van der Waals surface area contributed by atoms with Crippen molar-refractivity contribution in [3.05, 3.63) is 70.4 Å². The van der Waals surface area contributed by atoms with Crippen LogP contribution >= 0.6 is 0 Å². The maximum Gasteiger partial charge on any atom is 0.271 e. The SMILES string of the molecule is O=[N+]([O-])c1ccc2cnn(C3CCN(Cc4ccccc4)CC3)c2c1. The Morgan fingerprint density at radius 1 is 1.12 bits per heavy atom. The second-order valence-corrected chi connectivity index (χ2v) is 6.58. The lowest BCUT2D eigenvalue weighted by atomic mass is 10.0. The lowest BCUT2D eigenvalue weighted by molar-refractivity contribution is -0.384. The first kappa shape index (κ1) is 15.8. The molecule has 0 unspecified atom stereocenters. The Kier molecular flexibility index (Phi) is 4.19. The highest BCUT2D eigenvalue weighted by Gasteiger charge is 2.23. The van der Waals surface area contributed by atoms with Crippen LogP contribution in [0.25, 0.3) is 10.9 Å². The van der Waals surface area contributed by atoms with E-state index in [2.05, 4.69) is 34.3 Å². The third-order valence-corrected chi connectivity index (χ3v) is 4.94. The van der Waals surface area contributed by atoms with E-state index >= 15 is 0 Å². The molecule has 0 aliphatic carbocycles. The zero-order valence-corrected chi connectivity index (χ0v) is 13.9. The van der Waals surface area contributed by atoms with Gasteiger partial charge >= 0.3 is 0 Å². The maximum absolute atomic E-state index is 11.0. The predicted octanol–water partition coefficient (Wildman–Crippen LogP) is 3.78. The summed E-state index contributed by atoms with van der Waals surface area (Å²) in [7, 11) is 0. The van der Waals surface area contributed by atoms with Gasteiger partial charge < -0.3 is 0 Å². The molecule has 0 radical (unpaired) electrons. The van der Waals surface area contributed by atoms with Crippen molar-refractivity contribution in [2.24, 2.45) is 0 Å². The first-order valence-electron chi connectivity index (χ1n) is 8.58. The van der Waals surface area contributed by atoms with Gasteiger partial charge in [-0.1, -0.05) is 30.3 Å². The van der Waals surface area contributed by atoms with Crippen LogP contribution in [0, 0.1) is 10.1 Å². The van der Waals surface area contributed by atoms with Gasteiger partial charge in [0.15, 0.2) is 0 Å². The number of nitro benzene ring substituents is 1. The molecule has 6 heteroatoms. The van der Waals surface area contributed by atoms with Crippen LogP contribution in [0.2, 0.25) is 0 Å². The van der Waals surface area contributed by atoms with E-state index in [0.717, 1.165) is 43.4 Å². The molecule has 6 nitrogen and oxygen atoms in total. The smallest absolute Gasteiger partial charge is 0.271 e. The van der Waals surface area contributed by atoms with Crippen molar-refractivity contribution in [3.63, 3.8) is 0 Å². The standard InChI is InChI=1S/C19H20N4O2/c24-23(25)18-7-6-16-13-20-22(19(16)12-18)17-8-10-21(11-9-17)14-15-4-2-1-3-5-15/h1-7,12-13,17H,8-11,14H2. The average molecular weight is 336 g/mol. The molecule has 0 spiro atoms. The minimum absolute atomic E-state index is 0.121. The van der Waals surface area contributed by atoms with Crippen molar-refractivity contribution in [2.75, 3.05) is 13.1 Å². The van der Waals surface area contributed by atoms with Crippen molar-refractivity contribution >= 4 is 16.6 Å². The molecule has 0 bridgehead atoms. The molecule has 1 aliphatic heterocycles. The van der Waals surface area contributed by atoms with Crippen LogP contribution in [-0.4, -0.2) is 32.7 Å². The Morgan fingerprint density at radius 2 is 1.88 bits per heavy atom. The molecule has 1 fully saturated rings. The lowest BCUT2D eigenvalue weighted by Gasteiger charge is -2.32. The number of non-ortho nitro benzene ring substituents is 1. The Balaban J connectivity index is 1.48. The number of hydrogen-bond acceptors (Lipinski definition) is 4. The van der Waals surface area contributed by atoms with Gasteiger partial charge in [0.05, 0.1) is 22.7 Å². The van der Waals surface area contributed by atoms with Gasteiger partial charge in [-0.2, -0.15) is 5.10 Å². The minimum atomic E-state index is -0.348. The lowest BCUT2D eigenvalue weighted by Crippen LogP contribution is -2.34. The van der Waals surface area contributed by atoms with Crippen LogP contribution < -0.4 is 0 Å². The fraction of sp³-hybridized carbons (Fsp3) is 0.316. The van der Waals surface area contributed by atoms with Gasteiger partial charge in [-0.15, -0.1) is 0 Å². The average Bonchev–Trinajstić information content (AvgIpc) is 3.06. The number of nitro groups is 1. The van der Waals surface area contributed by atoms with Crippen LogP contribution in [0.4, 0.5) is 5.69 Å².